The molecule has 112 valence electrons. The lowest BCUT2D eigenvalue weighted by Crippen LogP contribution is -2.52. The van der Waals surface area contributed by atoms with Crippen molar-refractivity contribution >= 4 is 34.2 Å². The predicted octanol–water partition coefficient (Wildman–Crippen LogP) is 1.42. The number of pyridine rings is 1. The Hall–Kier alpha value is -0.850. The highest BCUT2D eigenvalue weighted by molar-refractivity contribution is 9.10. The average molecular weight is 365 g/mol. The quantitative estimate of drug-likeness (QED) is 0.848. The van der Waals surface area contributed by atoms with Crippen LogP contribution in [0.5, 0.6) is 0 Å². The Morgan fingerprint density at radius 1 is 1.40 bits per heavy atom. The molecule has 1 aromatic rings. The van der Waals surface area contributed by atoms with Crippen molar-refractivity contribution in [3.8, 4) is 0 Å². The van der Waals surface area contributed by atoms with Crippen molar-refractivity contribution in [1.29, 1.82) is 0 Å². The second-order valence-electron chi connectivity index (χ2n) is 5.05. The molecule has 0 aliphatic heterocycles. The lowest BCUT2D eigenvalue weighted by Gasteiger charge is -2.28. The maximum atomic E-state index is 12.1. The Balaban J connectivity index is 0.00000200. The molecule has 1 fully saturated rings. The molecule has 20 heavy (non-hydrogen) atoms. The van der Waals surface area contributed by atoms with Crippen LogP contribution in [0.3, 0.4) is 0 Å². The van der Waals surface area contributed by atoms with Gasteiger partial charge in [0.1, 0.15) is 6.54 Å². The number of rotatable bonds is 4. The molecule has 1 aromatic heterocycles. The van der Waals surface area contributed by atoms with E-state index in [0.29, 0.717) is 6.54 Å². The van der Waals surface area contributed by atoms with E-state index in [2.05, 4.69) is 21.2 Å². The number of nitrogens with one attached hydrogen (secondary N) is 1. The van der Waals surface area contributed by atoms with Crippen LogP contribution in [-0.2, 0) is 11.3 Å². The van der Waals surface area contributed by atoms with Crippen LogP contribution in [0.25, 0.3) is 0 Å². The molecule has 0 unspecified atom stereocenters. The van der Waals surface area contributed by atoms with E-state index in [-0.39, 0.29) is 36.0 Å². The highest BCUT2D eigenvalue weighted by atomic mass is 79.9. The Morgan fingerprint density at radius 3 is 2.65 bits per heavy atom. The first kappa shape index (κ1) is 17.2. The van der Waals surface area contributed by atoms with Crippen molar-refractivity contribution in [2.75, 3.05) is 6.54 Å². The van der Waals surface area contributed by atoms with Crippen LogP contribution in [0.1, 0.15) is 25.7 Å². The van der Waals surface area contributed by atoms with Crippen LogP contribution in [0.4, 0.5) is 0 Å². The van der Waals surface area contributed by atoms with Gasteiger partial charge < -0.3 is 15.6 Å². The fourth-order valence-electron chi connectivity index (χ4n) is 2.55. The molecule has 5 nitrogen and oxygen atoms in total. The summed E-state index contributed by atoms with van der Waals surface area (Å²) in [6.07, 6.45) is 5.64. The van der Waals surface area contributed by atoms with E-state index in [4.69, 9.17) is 5.73 Å². The molecular weight excluding hydrogens is 346 g/mol. The summed E-state index contributed by atoms with van der Waals surface area (Å²) in [7, 11) is 0. The zero-order valence-corrected chi connectivity index (χ0v) is 13.5. The lowest BCUT2D eigenvalue weighted by atomic mass is 9.98. The first-order valence-corrected chi connectivity index (χ1v) is 7.21. The summed E-state index contributed by atoms with van der Waals surface area (Å²) in [4.78, 5) is 23.7. The Bertz CT molecular complexity index is 527. The largest absolute Gasteiger partial charge is 0.348 e. The molecule has 0 spiro atoms. The summed E-state index contributed by atoms with van der Waals surface area (Å²) in [6, 6.07) is 3.10. The Kier molecular flexibility index (Phi) is 6.23. The normalized spacial score (nSPS) is 16.5. The molecule has 1 aliphatic rings. The van der Waals surface area contributed by atoms with E-state index in [1.54, 1.807) is 12.3 Å². The van der Waals surface area contributed by atoms with Crippen LogP contribution >= 0.6 is 28.3 Å². The van der Waals surface area contributed by atoms with Gasteiger partial charge in [-0.2, -0.15) is 0 Å². The van der Waals surface area contributed by atoms with Crippen molar-refractivity contribution in [2.24, 2.45) is 5.73 Å². The van der Waals surface area contributed by atoms with Gasteiger partial charge in [0, 0.05) is 23.3 Å². The van der Waals surface area contributed by atoms with Crippen molar-refractivity contribution in [2.45, 2.75) is 37.8 Å². The summed E-state index contributed by atoms with van der Waals surface area (Å²) in [5, 5.41) is 3.00. The van der Waals surface area contributed by atoms with Crippen molar-refractivity contribution < 1.29 is 4.79 Å². The number of carbonyl (C=O) groups excluding carboxylic acids is 1. The zero-order chi connectivity index (χ0) is 13.9. The second-order valence-corrected chi connectivity index (χ2v) is 5.97. The standard InChI is InChI=1S/C13H18BrN3O2.ClH/c14-10-3-4-12(19)17(7-10)8-11(18)16-13(9-15)5-1-2-6-13;/h3-4,7H,1-2,5-6,8-9,15H2,(H,16,18);1H. The Morgan fingerprint density at radius 2 is 2.05 bits per heavy atom. The molecule has 1 amide bonds. The number of amides is 1. The topological polar surface area (TPSA) is 77.1 Å². The third-order valence-electron chi connectivity index (χ3n) is 3.62. The molecular formula is C13H19BrClN3O2. The SMILES string of the molecule is Cl.NCC1(NC(=O)Cn2cc(Br)ccc2=O)CCCC1. The summed E-state index contributed by atoms with van der Waals surface area (Å²) < 4.78 is 2.16. The maximum absolute atomic E-state index is 12.1. The molecule has 1 heterocycles. The minimum Gasteiger partial charge on any atom is -0.348 e. The van der Waals surface area contributed by atoms with Crippen LogP contribution in [-0.4, -0.2) is 22.6 Å². The minimum absolute atomic E-state index is 0. The number of nitrogens with zero attached hydrogens (tertiary/aromatic N) is 1. The molecule has 1 aliphatic carbocycles. The Labute approximate surface area is 132 Å². The average Bonchev–Trinajstić information content (AvgIpc) is 2.83. The fourth-order valence-corrected chi connectivity index (χ4v) is 2.93. The monoisotopic (exact) mass is 363 g/mol. The summed E-state index contributed by atoms with van der Waals surface area (Å²) in [6.45, 7) is 0.478. The molecule has 7 heteroatoms. The molecule has 0 radical (unpaired) electrons. The van der Waals surface area contributed by atoms with Gasteiger partial charge in [0.25, 0.3) is 5.56 Å². The molecule has 0 saturated heterocycles. The van der Waals surface area contributed by atoms with Crippen molar-refractivity contribution in [1.82, 2.24) is 9.88 Å². The van der Waals surface area contributed by atoms with Gasteiger partial charge >= 0.3 is 0 Å². The number of hydrogen-bond donors (Lipinski definition) is 2. The van der Waals surface area contributed by atoms with E-state index in [0.717, 1.165) is 30.2 Å². The number of halogens is 2. The van der Waals surface area contributed by atoms with Gasteiger partial charge in [-0.3, -0.25) is 9.59 Å². The molecule has 3 N–H and O–H groups in total. The van der Waals surface area contributed by atoms with Gasteiger partial charge in [-0.05, 0) is 34.8 Å². The first-order valence-electron chi connectivity index (χ1n) is 6.42. The minimum atomic E-state index is -0.271. The predicted molar refractivity (Wildman–Crippen MR) is 84.0 cm³/mol. The summed E-state index contributed by atoms with van der Waals surface area (Å²) in [5.74, 6) is -0.160. The van der Waals surface area contributed by atoms with Crippen LogP contribution in [0.15, 0.2) is 27.6 Å². The van der Waals surface area contributed by atoms with Gasteiger partial charge in [0.05, 0.1) is 5.54 Å². The smallest absolute Gasteiger partial charge is 0.251 e. The molecule has 2 rings (SSSR count). The number of nitrogens with two attached hydrogens (primary N) is 1. The van der Waals surface area contributed by atoms with E-state index in [1.165, 1.54) is 10.6 Å². The van der Waals surface area contributed by atoms with Crippen LogP contribution in [0.2, 0.25) is 0 Å². The lowest BCUT2D eigenvalue weighted by molar-refractivity contribution is -0.123. The highest BCUT2D eigenvalue weighted by Crippen LogP contribution is 2.28. The highest BCUT2D eigenvalue weighted by Gasteiger charge is 2.33. The van der Waals surface area contributed by atoms with Gasteiger partial charge in [0.15, 0.2) is 0 Å². The van der Waals surface area contributed by atoms with Crippen LogP contribution < -0.4 is 16.6 Å². The second kappa shape index (κ2) is 7.24. The summed E-state index contributed by atoms with van der Waals surface area (Å²) >= 11 is 3.29. The molecule has 0 bridgehead atoms. The molecule has 0 atom stereocenters. The van der Waals surface area contributed by atoms with E-state index in [1.807, 2.05) is 0 Å². The van der Waals surface area contributed by atoms with Gasteiger partial charge in [-0.15, -0.1) is 12.4 Å². The third kappa shape index (κ3) is 4.07. The van der Waals surface area contributed by atoms with Crippen molar-refractivity contribution in [3.63, 3.8) is 0 Å². The van der Waals surface area contributed by atoms with Crippen LogP contribution in [0, 0.1) is 0 Å². The number of hydrogen-bond acceptors (Lipinski definition) is 3. The van der Waals surface area contributed by atoms with E-state index >= 15 is 0 Å². The number of carbonyl (C=O) groups is 1. The first-order chi connectivity index (χ1) is 9.04. The van der Waals surface area contributed by atoms with Gasteiger partial charge in [-0.1, -0.05) is 12.8 Å². The van der Waals surface area contributed by atoms with E-state index < -0.39 is 0 Å². The number of aromatic nitrogens is 1. The van der Waals surface area contributed by atoms with Crippen molar-refractivity contribution in [3.05, 3.63) is 33.2 Å². The molecule has 0 aromatic carbocycles. The summed E-state index contributed by atoms with van der Waals surface area (Å²) in [5.41, 5.74) is 5.31. The third-order valence-corrected chi connectivity index (χ3v) is 4.09. The molecule has 1 saturated carbocycles. The van der Waals surface area contributed by atoms with Gasteiger partial charge in [-0.25, -0.2) is 0 Å². The van der Waals surface area contributed by atoms with E-state index in [9.17, 15) is 9.59 Å². The maximum Gasteiger partial charge on any atom is 0.251 e. The van der Waals surface area contributed by atoms with Gasteiger partial charge in [0.2, 0.25) is 5.91 Å². The zero-order valence-electron chi connectivity index (χ0n) is 11.1. The fraction of sp³-hybridized carbons (Fsp3) is 0.538.